The zero-order chi connectivity index (χ0) is 19.2. The summed E-state index contributed by atoms with van der Waals surface area (Å²) < 4.78 is 18.2. The highest BCUT2D eigenvalue weighted by atomic mass is 32.1. The Hall–Kier alpha value is -2.64. The third-order valence-corrected chi connectivity index (χ3v) is 4.30. The largest absolute Gasteiger partial charge is 0.497 e. The van der Waals surface area contributed by atoms with E-state index in [4.69, 9.17) is 26.1 Å². The fourth-order valence-electron chi connectivity index (χ4n) is 2.75. The van der Waals surface area contributed by atoms with Crippen LogP contribution in [0.5, 0.6) is 11.5 Å². The van der Waals surface area contributed by atoms with E-state index in [0.717, 1.165) is 23.6 Å². The summed E-state index contributed by atoms with van der Waals surface area (Å²) in [6.45, 7) is 3.79. The minimum absolute atomic E-state index is 0.331. The van der Waals surface area contributed by atoms with Gasteiger partial charge >= 0.3 is 0 Å². The van der Waals surface area contributed by atoms with Gasteiger partial charge in [-0.1, -0.05) is 24.3 Å². The van der Waals surface area contributed by atoms with Gasteiger partial charge in [0.2, 0.25) is 0 Å². The Labute approximate surface area is 163 Å². The van der Waals surface area contributed by atoms with Gasteiger partial charge in [0, 0.05) is 6.54 Å². The average molecular weight is 385 g/mol. The van der Waals surface area contributed by atoms with Crippen molar-refractivity contribution in [2.45, 2.75) is 20.1 Å². The van der Waals surface area contributed by atoms with Crippen LogP contribution in [0.1, 0.15) is 12.5 Å². The Morgan fingerprint density at radius 1 is 1.15 bits per heavy atom. The van der Waals surface area contributed by atoms with E-state index in [-0.39, 0.29) is 0 Å². The maximum atomic E-state index is 5.71. The molecule has 0 atom stereocenters. The van der Waals surface area contributed by atoms with Gasteiger partial charge in [-0.25, -0.2) is 4.68 Å². The highest BCUT2D eigenvalue weighted by Gasteiger charge is 2.14. The second-order valence-corrected chi connectivity index (χ2v) is 6.45. The van der Waals surface area contributed by atoms with Gasteiger partial charge in [0.05, 0.1) is 25.9 Å². The SMILES string of the molecule is CCOc1ccccc1-c1nn(CN(C)Cc2ccc(OC)cc2)c(=S)o1. The van der Waals surface area contributed by atoms with Crippen molar-refractivity contribution >= 4 is 12.2 Å². The molecule has 2 aromatic carbocycles. The highest BCUT2D eigenvalue weighted by Crippen LogP contribution is 2.28. The number of benzene rings is 2. The first-order chi connectivity index (χ1) is 13.1. The van der Waals surface area contributed by atoms with Gasteiger partial charge in [-0.2, -0.15) is 0 Å². The van der Waals surface area contributed by atoms with E-state index >= 15 is 0 Å². The number of methoxy groups -OCH3 is 1. The summed E-state index contributed by atoms with van der Waals surface area (Å²) in [5, 5.41) is 4.54. The third kappa shape index (κ3) is 4.75. The molecule has 0 N–H and O–H groups in total. The van der Waals surface area contributed by atoms with Crippen LogP contribution in [-0.2, 0) is 13.2 Å². The topological polar surface area (TPSA) is 52.7 Å². The van der Waals surface area contributed by atoms with Crippen LogP contribution < -0.4 is 9.47 Å². The fourth-order valence-corrected chi connectivity index (χ4v) is 2.93. The van der Waals surface area contributed by atoms with E-state index in [9.17, 15) is 0 Å². The lowest BCUT2D eigenvalue weighted by Crippen LogP contribution is -2.22. The number of nitrogens with zero attached hydrogens (tertiary/aromatic N) is 3. The summed E-state index contributed by atoms with van der Waals surface area (Å²) in [5.74, 6) is 2.04. The molecule has 3 rings (SSSR count). The van der Waals surface area contributed by atoms with E-state index in [2.05, 4.69) is 10.00 Å². The molecular formula is C20H23N3O3S. The van der Waals surface area contributed by atoms with Crippen molar-refractivity contribution in [2.24, 2.45) is 0 Å². The first-order valence-electron chi connectivity index (χ1n) is 8.72. The van der Waals surface area contributed by atoms with Crippen LogP contribution in [0, 0.1) is 4.84 Å². The van der Waals surface area contributed by atoms with Gasteiger partial charge in [0.25, 0.3) is 10.7 Å². The summed E-state index contributed by atoms with van der Waals surface area (Å²) in [5.41, 5.74) is 1.97. The molecule has 0 spiro atoms. The Morgan fingerprint density at radius 3 is 2.59 bits per heavy atom. The van der Waals surface area contributed by atoms with Crippen molar-refractivity contribution < 1.29 is 13.9 Å². The summed E-state index contributed by atoms with van der Waals surface area (Å²) in [6.07, 6.45) is 0. The lowest BCUT2D eigenvalue weighted by atomic mass is 10.2. The molecule has 0 fully saturated rings. The molecule has 0 aliphatic carbocycles. The van der Waals surface area contributed by atoms with Crippen molar-refractivity contribution in [1.29, 1.82) is 0 Å². The lowest BCUT2D eigenvalue weighted by molar-refractivity contribution is 0.240. The van der Waals surface area contributed by atoms with Crippen LogP contribution in [-0.4, -0.2) is 35.4 Å². The normalized spacial score (nSPS) is 11.0. The van der Waals surface area contributed by atoms with Gasteiger partial charge in [-0.15, -0.1) is 5.10 Å². The van der Waals surface area contributed by atoms with Crippen LogP contribution in [0.2, 0.25) is 0 Å². The van der Waals surface area contributed by atoms with Crippen LogP contribution in [0.3, 0.4) is 0 Å². The predicted octanol–water partition coefficient (Wildman–Crippen LogP) is 4.37. The monoisotopic (exact) mass is 385 g/mol. The van der Waals surface area contributed by atoms with Crippen LogP contribution in [0.15, 0.2) is 52.9 Å². The van der Waals surface area contributed by atoms with Crippen molar-refractivity contribution in [3.8, 4) is 23.0 Å². The summed E-state index contributed by atoms with van der Waals surface area (Å²) >= 11 is 5.35. The summed E-state index contributed by atoms with van der Waals surface area (Å²) in [6, 6.07) is 15.6. The number of hydrogen-bond acceptors (Lipinski definition) is 6. The van der Waals surface area contributed by atoms with Crippen LogP contribution in [0.25, 0.3) is 11.5 Å². The van der Waals surface area contributed by atoms with Crippen molar-refractivity contribution in [3.63, 3.8) is 0 Å². The smallest absolute Gasteiger partial charge is 0.288 e. The molecule has 6 nitrogen and oxygen atoms in total. The Bertz CT molecular complexity index is 934. The molecule has 0 unspecified atom stereocenters. The molecule has 0 aliphatic rings. The first kappa shape index (κ1) is 19.1. The Morgan fingerprint density at radius 2 is 1.89 bits per heavy atom. The molecule has 1 aromatic heterocycles. The second-order valence-electron chi connectivity index (χ2n) is 6.11. The molecule has 0 saturated carbocycles. The average Bonchev–Trinajstić information content (AvgIpc) is 3.03. The predicted molar refractivity (Wildman–Crippen MR) is 106 cm³/mol. The zero-order valence-electron chi connectivity index (χ0n) is 15.7. The van der Waals surface area contributed by atoms with E-state index in [1.807, 2.05) is 62.5 Å². The van der Waals surface area contributed by atoms with E-state index < -0.39 is 0 Å². The Kier molecular flexibility index (Phi) is 6.26. The second kappa shape index (κ2) is 8.83. The maximum Gasteiger partial charge on any atom is 0.288 e. The Balaban J connectivity index is 1.73. The molecule has 3 aromatic rings. The van der Waals surface area contributed by atoms with Gasteiger partial charge in [0.1, 0.15) is 11.5 Å². The number of hydrogen-bond donors (Lipinski definition) is 0. The molecule has 0 bridgehead atoms. The lowest BCUT2D eigenvalue weighted by Gasteiger charge is -2.16. The molecular weight excluding hydrogens is 362 g/mol. The van der Waals surface area contributed by atoms with Crippen molar-refractivity contribution in [2.75, 3.05) is 20.8 Å². The molecule has 7 heteroatoms. The van der Waals surface area contributed by atoms with Gasteiger partial charge < -0.3 is 13.9 Å². The molecule has 0 radical (unpaired) electrons. The van der Waals surface area contributed by atoms with Gasteiger partial charge in [-0.3, -0.25) is 4.90 Å². The standard InChI is InChI=1S/C20H23N3O3S/c1-4-25-18-8-6-5-7-17(18)19-21-23(20(27)26-19)14-22(2)13-15-9-11-16(24-3)12-10-15/h5-12H,4,13-14H2,1-3H3. The van der Waals surface area contributed by atoms with Crippen LogP contribution >= 0.6 is 12.2 Å². The molecule has 142 valence electrons. The van der Waals surface area contributed by atoms with Gasteiger partial charge in [-0.05, 0) is 56.0 Å². The van der Waals surface area contributed by atoms with Crippen molar-refractivity contribution in [3.05, 3.63) is 58.9 Å². The summed E-state index contributed by atoms with van der Waals surface area (Å²) in [7, 11) is 3.67. The van der Waals surface area contributed by atoms with E-state index in [0.29, 0.717) is 24.0 Å². The molecule has 0 aliphatic heterocycles. The molecule has 1 heterocycles. The molecule has 0 amide bonds. The minimum Gasteiger partial charge on any atom is -0.497 e. The fraction of sp³-hybridized carbons (Fsp3) is 0.300. The zero-order valence-corrected chi connectivity index (χ0v) is 16.5. The number of para-hydroxylation sites is 1. The quantitative estimate of drug-likeness (QED) is 0.537. The maximum absolute atomic E-state index is 5.71. The first-order valence-corrected chi connectivity index (χ1v) is 9.13. The van der Waals surface area contributed by atoms with Gasteiger partial charge in [0.15, 0.2) is 0 Å². The van der Waals surface area contributed by atoms with E-state index in [1.165, 1.54) is 5.56 Å². The third-order valence-electron chi connectivity index (χ3n) is 4.01. The van der Waals surface area contributed by atoms with Crippen LogP contribution in [0.4, 0.5) is 0 Å². The van der Waals surface area contributed by atoms with Crippen molar-refractivity contribution in [1.82, 2.24) is 14.7 Å². The number of aromatic nitrogens is 2. The van der Waals surface area contributed by atoms with E-state index in [1.54, 1.807) is 11.8 Å². The highest BCUT2D eigenvalue weighted by molar-refractivity contribution is 7.71. The number of rotatable bonds is 8. The molecule has 27 heavy (non-hydrogen) atoms. The molecule has 0 saturated heterocycles. The number of ether oxygens (including phenoxy) is 2. The minimum atomic E-state index is 0.331. The summed E-state index contributed by atoms with van der Waals surface area (Å²) in [4.78, 5) is 2.44.